The highest BCUT2D eigenvalue weighted by Crippen LogP contribution is 2.21. The van der Waals surface area contributed by atoms with E-state index < -0.39 is 53.5 Å². The summed E-state index contributed by atoms with van der Waals surface area (Å²) in [6.45, 7) is 4.91. The van der Waals surface area contributed by atoms with Crippen LogP contribution in [-0.2, 0) is 32.0 Å². The van der Waals surface area contributed by atoms with E-state index in [9.17, 15) is 24.3 Å². The largest absolute Gasteiger partial charge is 0.444 e. The van der Waals surface area contributed by atoms with Gasteiger partial charge in [-0.1, -0.05) is 67.6 Å². The van der Waals surface area contributed by atoms with Crippen molar-refractivity contribution in [2.75, 3.05) is 0 Å². The van der Waals surface area contributed by atoms with Gasteiger partial charge in [0, 0.05) is 12.3 Å². The van der Waals surface area contributed by atoms with Gasteiger partial charge >= 0.3 is 6.09 Å². The Kier molecular flexibility index (Phi) is 10.6. The second-order valence-electron chi connectivity index (χ2n) is 9.69. The molecule has 0 saturated heterocycles. The van der Waals surface area contributed by atoms with Crippen LogP contribution in [0.1, 0.15) is 38.3 Å². The Balaban J connectivity index is 2.22. The number of hydrogen-bond acceptors (Lipinski definition) is 6. The molecule has 10 nitrogen and oxygen atoms in total. The molecule has 0 aromatic heterocycles. The number of rotatable bonds is 13. The average molecular weight is 513 g/mol. The van der Waals surface area contributed by atoms with Crippen molar-refractivity contribution in [2.45, 2.75) is 63.8 Å². The molecule has 0 aliphatic heterocycles. The fraction of sp³-hybridized carbons (Fsp3) is 0.407. The molecule has 0 aliphatic rings. The van der Waals surface area contributed by atoms with Crippen molar-refractivity contribution in [1.29, 1.82) is 0 Å². The molecule has 0 saturated carbocycles. The highest BCUT2D eigenvalue weighted by atomic mass is 16.6. The lowest BCUT2D eigenvalue weighted by atomic mass is 9.93. The number of carbonyl (C=O) groups excluding carboxylic acids is 4. The first-order chi connectivity index (χ1) is 17.4. The van der Waals surface area contributed by atoms with E-state index in [0.717, 1.165) is 11.1 Å². The van der Waals surface area contributed by atoms with Gasteiger partial charge in [-0.15, -0.1) is 0 Å². The van der Waals surface area contributed by atoms with E-state index in [1.54, 1.807) is 45.0 Å². The smallest absolute Gasteiger partial charge is 0.405 e. The predicted molar refractivity (Wildman–Crippen MR) is 138 cm³/mol. The summed E-state index contributed by atoms with van der Waals surface area (Å²) in [6, 6.07) is 16.1. The minimum Gasteiger partial charge on any atom is -0.444 e. The second kappa shape index (κ2) is 13.4. The Bertz CT molecular complexity index is 1060. The van der Waals surface area contributed by atoms with E-state index in [1.807, 2.05) is 36.4 Å². The lowest BCUT2D eigenvalue weighted by molar-refractivity contribution is -0.134. The van der Waals surface area contributed by atoms with Gasteiger partial charge in [-0.25, -0.2) is 4.79 Å². The Hall–Kier alpha value is -3.92. The molecule has 37 heavy (non-hydrogen) atoms. The van der Waals surface area contributed by atoms with E-state index in [2.05, 4.69) is 10.6 Å². The third kappa shape index (κ3) is 9.92. The van der Waals surface area contributed by atoms with E-state index in [0.29, 0.717) is 0 Å². The summed E-state index contributed by atoms with van der Waals surface area (Å²) in [7, 11) is 0. The van der Waals surface area contributed by atoms with Crippen LogP contribution >= 0.6 is 0 Å². The highest BCUT2D eigenvalue weighted by molar-refractivity contribution is 5.89. The first-order valence-corrected chi connectivity index (χ1v) is 12.0. The number of amides is 4. The van der Waals surface area contributed by atoms with Crippen molar-refractivity contribution in [3.8, 4) is 0 Å². The van der Waals surface area contributed by atoms with Crippen LogP contribution in [0.4, 0.5) is 4.79 Å². The zero-order valence-corrected chi connectivity index (χ0v) is 21.3. The topological polar surface area (TPSA) is 174 Å². The van der Waals surface area contributed by atoms with Crippen molar-refractivity contribution in [1.82, 2.24) is 10.6 Å². The van der Waals surface area contributed by atoms with Gasteiger partial charge in [-0.05, 0) is 37.8 Å². The van der Waals surface area contributed by atoms with Gasteiger partial charge in [0.05, 0.1) is 6.04 Å². The maximum Gasteiger partial charge on any atom is 0.405 e. The van der Waals surface area contributed by atoms with Crippen molar-refractivity contribution in [2.24, 2.45) is 17.4 Å². The Morgan fingerprint density at radius 3 is 1.86 bits per heavy atom. The summed E-state index contributed by atoms with van der Waals surface area (Å²) >= 11 is 0. The van der Waals surface area contributed by atoms with Crippen molar-refractivity contribution >= 4 is 23.8 Å². The molecule has 0 spiro atoms. The lowest BCUT2D eigenvalue weighted by Crippen LogP contribution is -2.56. The molecule has 0 aliphatic carbocycles. The normalized spacial score (nSPS) is 14.5. The van der Waals surface area contributed by atoms with Gasteiger partial charge in [-0.3, -0.25) is 14.4 Å². The molecule has 0 bridgehead atoms. The van der Waals surface area contributed by atoms with Crippen LogP contribution in [0.5, 0.6) is 0 Å². The first-order valence-electron chi connectivity index (χ1n) is 12.0. The molecular formula is C27H36N4O6. The number of benzene rings is 2. The van der Waals surface area contributed by atoms with Crippen LogP contribution in [0.3, 0.4) is 0 Å². The zero-order chi connectivity index (χ0) is 27.6. The molecule has 4 atom stereocenters. The SMILES string of the molecule is CC(CC(C)(C)OC(N)=O)C(=O)NC(Cc1ccccc1)C(=O)NC(Cc1ccccc1)C(O)C(N)=O. The van der Waals surface area contributed by atoms with Crippen molar-refractivity contribution in [3.63, 3.8) is 0 Å². The zero-order valence-electron chi connectivity index (χ0n) is 21.3. The van der Waals surface area contributed by atoms with Gasteiger partial charge in [0.1, 0.15) is 11.6 Å². The Morgan fingerprint density at radius 2 is 1.38 bits per heavy atom. The molecule has 7 N–H and O–H groups in total. The number of primary amides is 2. The first kappa shape index (κ1) is 29.3. The number of carbonyl (C=O) groups is 4. The molecule has 200 valence electrons. The molecule has 4 amide bonds. The Morgan fingerprint density at radius 1 is 0.865 bits per heavy atom. The van der Waals surface area contributed by atoms with E-state index >= 15 is 0 Å². The number of nitrogens with two attached hydrogens (primary N) is 2. The summed E-state index contributed by atoms with van der Waals surface area (Å²) < 4.78 is 5.07. The molecule has 0 fully saturated rings. The number of hydrogen-bond donors (Lipinski definition) is 5. The fourth-order valence-electron chi connectivity index (χ4n) is 4.11. The molecule has 4 unspecified atom stereocenters. The number of aliphatic hydroxyl groups is 1. The Labute approximate surface area is 216 Å². The monoisotopic (exact) mass is 512 g/mol. The lowest BCUT2D eigenvalue weighted by Gasteiger charge is -2.29. The molecule has 0 heterocycles. The molecule has 2 aromatic carbocycles. The van der Waals surface area contributed by atoms with E-state index in [-0.39, 0.29) is 19.3 Å². The second-order valence-corrected chi connectivity index (χ2v) is 9.69. The molecular weight excluding hydrogens is 476 g/mol. The molecule has 10 heteroatoms. The predicted octanol–water partition coefficient (Wildman–Crippen LogP) is 1.19. The minimum absolute atomic E-state index is 0.151. The fourth-order valence-corrected chi connectivity index (χ4v) is 4.11. The van der Waals surface area contributed by atoms with Crippen LogP contribution < -0.4 is 22.1 Å². The van der Waals surface area contributed by atoms with Gasteiger partial charge in [0.2, 0.25) is 17.7 Å². The maximum absolute atomic E-state index is 13.4. The summed E-state index contributed by atoms with van der Waals surface area (Å²) in [5.74, 6) is -2.63. The average Bonchev–Trinajstić information content (AvgIpc) is 2.82. The standard InChI is InChI=1S/C27H36N4O6/c1-17(16-27(2,3)37-26(29)36)24(34)31-21(15-19-12-8-5-9-13-19)25(35)30-20(22(32)23(28)33)14-18-10-6-4-7-11-18/h4-13,17,20-22,32H,14-16H2,1-3H3,(H2,28,33)(H2,29,36)(H,30,35)(H,31,34). The van der Waals surface area contributed by atoms with E-state index in [1.165, 1.54) is 0 Å². The van der Waals surface area contributed by atoms with Gasteiger partial charge in [0.15, 0.2) is 6.10 Å². The minimum atomic E-state index is -1.64. The summed E-state index contributed by atoms with van der Waals surface area (Å²) in [6.07, 6.45) is -2.10. The highest BCUT2D eigenvalue weighted by Gasteiger charge is 2.32. The van der Waals surface area contributed by atoms with Crippen molar-refractivity contribution < 1.29 is 29.0 Å². The molecule has 2 aromatic rings. The molecule has 2 rings (SSSR count). The number of aliphatic hydroxyl groups excluding tert-OH is 1. The molecule has 0 radical (unpaired) electrons. The van der Waals surface area contributed by atoms with Crippen molar-refractivity contribution in [3.05, 3.63) is 71.8 Å². The van der Waals surface area contributed by atoms with Gasteiger partial charge < -0.3 is 31.9 Å². The van der Waals surface area contributed by atoms with Crippen LogP contribution in [0.15, 0.2) is 60.7 Å². The van der Waals surface area contributed by atoms with Crippen LogP contribution in [0.2, 0.25) is 0 Å². The summed E-state index contributed by atoms with van der Waals surface area (Å²) in [5.41, 5.74) is 11.0. The van der Waals surface area contributed by atoms with Gasteiger partial charge in [0.25, 0.3) is 0 Å². The number of ether oxygens (including phenoxy) is 1. The summed E-state index contributed by atoms with van der Waals surface area (Å²) in [5, 5.41) is 15.9. The van der Waals surface area contributed by atoms with E-state index in [4.69, 9.17) is 16.2 Å². The maximum atomic E-state index is 13.4. The summed E-state index contributed by atoms with van der Waals surface area (Å²) in [4.78, 5) is 49.4. The third-order valence-corrected chi connectivity index (χ3v) is 5.84. The van der Waals surface area contributed by atoms with Gasteiger partial charge in [-0.2, -0.15) is 0 Å². The quantitative estimate of drug-likeness (QED) is 0.269. The van der Waals surface area contributed by atoms with Crippen LogP contribution in [0.25, 0.3) is 0 Å². The number of nitrogens with one attached hydrogen (secondary N) is 2. The van der Waals surface area contributed by atoms with Crippen LogP contribution in [-0.4, -0.2) is 52.7 Å². The third-order valence-electron chi connectivity index (χ3n) is 5.84. The van der Waals surface area contributed by atoms with Crippen LogP contribution in [0, 0.1) is 5.92 Å².